The summed E-state index contributed by atoms with van der Waals surface area (Å²) in [4.78, 5) is 3.38. The van der Waals surface area contributed by atoms with Gasteiger partial charge in [-0.2, -0.15) is 0 Å². The number of fused-ring (bicyclic) bond motifs is 11. The van der Waals surface area contributed by atoms with Crippen LogP contribution in [0.3, 0.4) is 0 Å². The van der Waals surface area contributed by atoms with Gasteiger partial charge in [-0.3, -0.25) is 0 Å². The van der Waals surface area contributed by atoms with Crippen molar-refractivity contribution in [3.63, 3.8) is 0 Å². The summed E-state index contributed by atoms with van der Waals surface area (Å²) in [6, 6.07) is 59.9. The number of rotatable bonds is 5. The predicted molar refractivity (Wildman–Crippen MR) is 268 cm³/mol. The van der Waals surface area contributed by atoms with Crippen LogP contribution in [0.4, 0.5) is 0 Å². The fourth-order valence-electron chi connectivity index (χ4n) is 11.3. The highest BCUT2D eigenvalue weighted by atomic mass is 15.1. The maximum atomic E-state index is 3.85. The van der Waals surface area contributed by atoms with E-state index in [1.54, 1.807) is 0 Å². The molecule has 1 aliphatic heterocycles. The highest BCUT2D eigenvalue weighted by molar-refractivity contribution is 6.17. The van der Waals surface area contributed by atoms with Gasteiger partial charge in [-0.15, -0.1) is 0 Å². The zero-order chi connectivity index (χ0) is 42.6. The second-order valence-corrected chi connectivity index (χ2v) is 18.3. The van der Waals surface area contributed by atoms with E-state index in [0.717, 1.165) is 13.1 Å². The number of aromatic nitrogens is 3. The lowest BCUT2D eigenvalue weighted by atomic mass is 9.80. The van der Waals surface area contributed by atoms with Crippen molar-refractivity contribution in [2.45, 2.75) is 52.1 Å². The Morgan fingerprint density at radius 2 is 0.937 bits per heavy atom. The molecular formula is C58H51N5. The van der Waals surface area contributed by atoms with Crippen LogP contribution < -0.4 is 10.6 Å². The van der Waals surface area contributed by atoms with Gasteiger partial charge in [-0.1, -0.05) is 141 Å². The maximum absolute atomic E-state index is 3.85. The molecule has 0 fully saturated rings. The quantitative estimate of drug-likeness (QED) is 0.162. The summed E-state index contributed by atoms with van der Waals surface area (Å²) >= 11 is 0. The molecule has 1 atom stereocenters. The zero-order valence-corrected chi connectivity index (χ0v) is 36.6. The SMILES string of the molecule is CC(C)c1cc(C(C)n2c3ccccc3c3ccccc32)c2c(C(C)(C)n3c4ccccc4c4ccccc43)ccc3c2c1C1=C3NCCN1.c1ccc2c(c1)[nH]c1ccccc12. The van der Waals surface area contributed by atoms with Crippen molar-refractivity contribution in [3.8, 4) is 0 Å². The molecule has 8 aromatic carbocycles. The fourth-order valence-corrected chi connectivity index (χ4v) is 11.3. The van der Waals surface area contributed by atoms with Crippen molar-refractivity contribution in [2.75, 3.05) is 13.1 Å². The van der Waals surface area contributed by atoms with Crippen molar-refractivity contribution in [2.24, 2.45) is 0 Å². The second-order valence-electron chi connectivity index (χ2n) is 18.3. The Balaban J connectivity index is 0.000000275. The zero-order valence-electron chi connectivity index (χ0n) is 36.6. The molecule has 63 heavy (non-hydrogen) atoms. The van der Waals surface area contributed by atoms with Crippen LogP contribution in [0.25, 0.3) is 87.6 Å². The van der Waals surface area contributed by atoms with Crippen LogP contribution in [0.1, 0.15) is 74.4 Å². The topological polar surface area (TPSA) is 49.7 Å². The minimum Gasteiger partial charge on any atom is -0.381 e. The number of hydrogen-bond acceptors (Lipinski definition) is 2. The molecule has 11 aromatic rings. The molecule has 308 valence electrons. The largest absolute Gasteiger partial charge is 0.381 e. The molecule has 3 N–H and O–H groups in total. The summed E-state index contributed by atoms with van der Waals surface area (Å²) < 4.78 is 5.19. The molecule has 1 aliphatic carbocycles. The van der Waals surface area contributed by atoms with Gasteiger partial charge in [0.05, 0.1) is 23.0 Å². The van der Waals surface area contributed by atoms with E-state index < -0.39 is 0 Å². The molecule has 0 amide bonds. The Bertz CT molecular complexity index is 3510. The molecule has 0 saturated carbocycles. The monoisotopic (exact) mass is 817 g/mol. The van der Waals surface area contributed by atoms with Gasteiger partial charge in [0.15, 0.2) is 0 Å². The lowest BCUT2D eigenvalue weighted by Crippen LogP contribution is -2.32. The van der Waals surface area contributed by atoms with E-state index in [-0.39, 0.29) is 11.6 Å². The van der Waals surface area contributed by atoms with Crippen molar-refractivity contribution >= 4 is 87.6 Å². The van der Waals surface area contributed by atoms with Crippen molar-refractivity contribution in [1.82, 2.24) is 24.8 Å². The number of benzene rings is 8. The first-order chi connectivity index (χ1) is 30.8. The first-order valence-electron chi connectivity index (χ1n) is 22.6. The normalized spacial score (nSPS) is 14.3. The van der Waals surface area contributed by atoms with E-state index in [1.807, 2.05) is 0 Å². The molecule has 0 spiro atoms. The van der Waals surface area contributed by atoms with Crippen LogP contribution >= 0.6 is 0 Å². The summed E-state index contributed by atoms with van der Waals surface area (Å²) in [5, 5.41) is 18.3. The third kappa shape index (κ3) is 5.48. The third-order valence-electron chi connectivity index (χ3n) is 14.1. The van der Waals surface area contributed by atoms with Crippen LogP contribution in [0.15, 0.2) is 164 Å². The number of nitrogens with one attached hydrogen (secondary N) is 3. The second kappa shape index (κ2) is 14.1. The summed E-state index contributed by atoms with van der Waals surface area (Å²) in [5.41, 5.74) is 16.5. The van der Waals surface area contributed by atoms with E-state index in [1.165, 1.54) is 115 Å². The highest BCUT2D eigenvalue weighted by Crippen LogP contribution is 2.51. The standard InChI is InChI=1S/C46H42N4.C12H9N/c1-27(2)34-26-35(28(3)49-37-18-10-6-14-29(37)30-15-7-11-19-38(30)49)41-36(23-22-33-42(41)43(34)45-44(33)47-24-25-48-45)46(4,5)50-39-20-12-8-16-31(39)32-17-9-13-21-40(32)50;1-3-7-11-9(5-1)10-6-2-4-8-12(10)13-11/h6-23,26-28,47-48H,24-25H2,1-5H3;1-8,13H. The van der Waals surface area contributed by atoms with Gasteiger partial charge in [0.25, 0.3) is 0 Å². The lowest BCUT2D eigenvalue weighted by Gasteiger charge is -2.34. The maximum Gasteiger partial charge on any atom is 0.0666 e. The minimum atomic E-state index is -0.378. The predicted octanol–water partition coefficient (Wildman–Crippen LogP) is 14.2. The van der Waals surface area contributed by atoms with Gasteiger partial charge in [0, 0.05) is 95.0 Å². The molecule has 0 bridgehead atoms. The molecule has 1 unspecified atom stereocenters. The Kier molecular flexibility index (Phi) is 8.43. The van der Waals surface area contributed by atoms with Gasteiger partial charge in [-0.25, -0.2) is 0 Å². The van der Waals surface area contributed by atoms with E-state index in [2.05, 4.69) is 223 Å². The van der Waals surface area contributed by atoms with Crippen molar-refractivity contribution in [3.05, 3.63) is 192 Å². The van der Waals surface area contributed by atoms with E-state index >= 15 is 0 Å². The van der Waals surface area contributed by atoms with Gasteiger partial charge >= 0.3 is 0 Å². The van der Waals surface area contributed by atoms with Crippen LogP contribution in [-0.2, 0) is 5.54 Å². The summed E-state index contributed by atoms with van der Waals surface area (Å²) in [6.45, 7) is 13.8. The third-order valence-corrected chi connectivity index (χ3v) is 14.1. The van der Waals surface area contributed by atoms with Crippen LogP contribution in [-0.4, -0.2) is 27.2 Å². The average Bonchev–Trinajstić information content (AvgIpc) is 4.07. The number of nitrogens with zero attached hydrogens (tertiary/aromatic N) is 2. The van der Waals surface area contributed by atoms with Crippen molar-refractivity contribution in [1.29, 1.82) is 0 Å². The Labute approximate surface area is 367 Å². The molecule has 4 heterocycles. The van der Waals surface area contributed by atoms with Crippen LogP contribution in [0.2, 0.25) is 0 Å². The summed E-state index contributed by atoms with van der Waals surface area (Å²) in [6.07, 6.45) is 0. The average molecular weight is 818 g/mol. The molecule has 3 aromatic heterocycles. The molecule has 2 aliphatic rings. The first-order valence-corrected chi connectivity index (χ1v) is 22.6. The molecule has 0 radical (unpaired) electrons. The highest BCUT2D eigenvalue weighted by Gasteiger charge is 2.37. The molecule has 13 rings (SSSR count). The first kappa shape index (κ1) is 37.5. The fraction of sp³-hybridized carbons (Fsp3) is 0.172. The number of H-pyrrole nitrogens is 1. The number of para-hydroxylation sites is 6. The summed E-state index contributed by atoms with van der Waals surface area (Å²) in [7, 11) is 0. The Morgan fingerprint density at radius 3 is 1.48 bits per heavy atom. The summed E-state index contributed by atoms with van der Waals surface area (Å²) in [5.74, 6) is 0.357. The van der Waals surface area contributed by atoms with Crippen LogP contribution in [0, 0.1) is 0 Å². The Hall–Kier alpha value is -7.24. The number of hydrogen-bond donors (Lipinski definition) is 3. The van der Waals surface area contributed by atoms with E-state index in [4.69, 9.17) is 0 Å². The van der Waals surface area contributed by atoms with Crippen LogP contribution in [0.5, 0.6) is 0 Å². The molecule has 5 heteroatoms. The van der Waals surface area contributed by atoms with E-state index in [9.17, 15) is 0 Å². The molecule has 0 saturated heterocycles. The smallest absolute Gasteiger partial charge is 0.0666 e. The van der Waals surface area contributed by atoms with E-state index in [0.29, 0.717) is 5.92 Å². The molecule has 5 nitrogen and oxygen atoms in total. The number of aromatic amines is 1. The lowest BCUT2D eigenvalue weighted by molar-refractivity contribution is 0.468. The van der Waals surface area contributed by atoms with Gasteiger partial charge in [0.1, 0.15) is 0 Å². The van der Waals surface area contributed by atoms with Crippen molar-refractivity contribution < 1.29 is 0 Å². The molecular weight excluding hydrogens is 767 g/mol. The van der Waals surface area contributed by atoms with Gasteiger partial charge in [-0.05, 0) is 85.2 Å². The Morgan fingerprint density at radius 1 is 0.476 bits per heavy atom. The van der Waals surface area contributed by atoms with Gasteiger partial charge < -0.3 is 24.8 Å². The van der Waals surface area contributed by atoms with Gasteiger partial charge in [0.2, 0.25) is 0 Å². The minimum absolute atomic E-state index is 0.0767.